The molecule has 0 bridgehead atoms. The fourth-order valence-corrected chi connectivity index (χ4v) is 1.76. The molecule has 0 aromatic carbocycles. The van der Waals surface area contributed by atoms with Crippen molar-refractivity contribution in [1.29, 1.82) is 0 Å². The van der Waals surface area contributed by atoms with Crippen LogP contribution in [0.15, 0.2) is 5.18 Å². The van der Waals surface area contributed by atoms with E-state index in [-0.39, 0.29) is 5.41 Å². The van der Waals surface area contributed by atoms with Gasteiger partial charge < -0.3 is 0 Å². The van der Waals surface area contributed by atoms with E-state index < -0.39 is 0 Å². The van der Waals surface area contributed by atoms with E-state index in [4.69, 9.17) is 0 Å². The molecule has 1 aliphatic rings. The van der Waals surface area contributed by atoms with E-state index in [0.29, 0.717) is 12.0 Å². The highest BCUT2D eigenvalue weighted by molar-refractivity contribution is 5.09. The lowest BCUT2D eigenvalue weighted by molar-refractivity contribution is 0.385. The van der Waals surface area contributed by atoms with Gasteiger partial charge in [0.05, 0.1) is 6.54 Å². The minimum absolute atomic E-state index is 0.226. The zero-order valence-electron chi connectivity index (χ0n) is 6.98. The highest BCUT2D eigenvalue weighted by atomic mass is 16.3. The lowest BCUT2D eigenvalue weighted by atomic mass is 9.94. The number of nitrogens with zero attached hydrogens (tertiary/aromatic N) is 1. The molecule has 1 unspecified atom stereocenters. The van der Waals surface area contributed by atoms with Crippen molar-refractivity contribution in [1.82, 2.24) is 0 Å². The summed E-state index contributed by atoms with van der Waals surface area (Å²) in [6.45, 7) is 7.06. The van der Waals surface area contributed by atoms with Crippen molar-refractivity contribution in [2.75, 3.05) is 6.54 Å². The van der Waals surface area contributed by atoms with E-state index in [1.54, 1.807) is 0 Å². The van der Waals surface area contributed by atoms with Crippen LogP contribution in [0.1, 0.15) is 33.6 Å². The number of hydrogen-bond donors (Lipinski definition) is 0. The quantitative estimate of drug-likeness (QED) is 0.555. The van der Waals surface area contributed by atoms with E-state index in [2.05, 4.69) is 25.9 Å². The SMILES string of the molecule is CC[C@]1(C)CC1(C)CN=O. The maximum atomic E-state index is 10.0. The minimum Gasteiger partial charge on any atom is -0.151 e. The Labute approximate surface area is 62.0 Å². The molecule has 58 valence electrons. The summed E-state index contributed by atoms with van der Waals surface area (Å²) in [6, 6.07) is 0. The van der Waals surface area contributed by atoms with E-state index in [1.807, 2.05) is 0 Å². The molecule has 0 N–H and O–H groups in total. The zero-order valence-corrected chi connectivity index (χ0v) is 6.98. The van der Waals surface area contributed by atoms with Crippen LogP contribution in [-0.2, 0) is 0 Å². The predicted molar refractivity (Wildman–Crippen MR) is 41.8 cm³/mol. The molecule has 0 amide bonds. The Bertz CT molecular complexity index is 157. The third-order valence-corrected chi connectivity index (χ3v) is 3.31. The van der Waals surface area contributed by atoms with Gasteiger partial charge in [-0.2, -0.15) is 4.91 Å². The first kappa shape index (κ1) is 7.70. The van der Waals surface area contributed by atoms with Crippen molar-refractivity contribution in [3.8, 4) is 0 Å². The molecular weight excluding hydrogens is 126 g/mol. The molecule has 0 saturated heterocycles. The second kappa shape index (κ2) is 2.04. The molecule has 2 nitrogen and oxygen atoms in total. The molecule has 0 aromatic heterocycles. The molecule has 0 aliphatic heterocycles. The molecule has 1 aliphatic carbocycles. The second-order valence-electron chi connectivity index (χ2n) is 3.94. The Kier molecular flexibility index (Phi) is 1.57. The maximum Gasteiger partial charge on any atom is 0.0870 e. The monoisotopic (exact) mass is 141 g/mol. The van der Waals surface area contributed by atoms with Crippen LogP contribution in [-0.4, -0.2) is 6.54 Å². The largest absolute Gasteiger partial charge is 0.151 e. The zero-order chi connectivity index (χ0) is 7.83. The molecule has 1 saturated carbocycles. The third kappa shape index (κ3) is 0.862. The summed E-state index contributed by atoms with van der Waals surface area (Å²) in [6.07, 6.45) is 2.33. The average Bonchev–Trinajstić information content (AvgIpc) is 2.38. The Morgan fingerprint density at radius 2 is 2.00 bits per heavy atom. The van der Waals surface area contributed by atoms with E-state index in [1.165, 1.54) is 12.8 Å². The first-order chi connectivity index (χ1) is 4.58. The summed E-state index contributed by atoms with van der Waals surface area (Å²) in [5, 5.41) is 2.96. The van der Waals surface area contributed by atoms with Crippen LogP contribution >= 0.6 is 0 Å². The van der Waals surface area contributed by atoms with Crippen molar-refractivity contribution in [3.05, 3.63) is 4.91 Å². The van der Waals surface area contributed by atoms with Crippen molar-refractivity contribution in [2.24, 2.45) is 16.0 Å². The fraction of sp³-hybridized carbons (Fsp3) is 1.00. The third-order valence-electron chi connectivity index (χ3n) is 3.31. The average molecular weight is 141 g/mol. The van der Waals surface area contributed by atoms with Crippen LogP contribution in [0.5, 0.6) is 0 Å². The Balaban J connectivity index is 2.53. The molecule has 1 rings (SSSR count). The molecule has 2 heteroatoms. The normalized spacial score (nSPS) is 45.1. The van der Waals surface area contributed by atoms with Gasteiger partial charge in [-0.25, -0.2) is 0 Å². The molecular formula is C8H15NO. The number of nitroso groups, excluding NO2 is 1. The maximum absolute atomic E-state index is 10.0. The van der Waals surface area contributed by atoms with Gasteiger partial charge in [-0.3, -0.25) is 0 Å². The van der Waals surface area contributed by atoms with Gasteiger partial charge >= 0.3 is 0 Å². The topological polar surface area (TPSA) is 29.4 Å². The summed E-state index contributed by atoms with van der Waals surface area (Å²) in [5.74, 6) is 0. The lowest BCUT2D eigenvalue weighted by Crippen LogP contribution is -2.09. The van der Waals surface area contributed by atoms with E-state index in [0.717, 1.165) is 0 Å². The summed E-state index contributed by atoms with van der Waals surface area (Å²) in [7, 11) is 0. The highest BCUT2D eigenvalue weighted by Crippen LogP contribution is 2.65. The van der Waals surface area contributed by atoms with Crippen LogP contribution < -0.4 is 0 Å². The van der Waals surface area contributed by atoms with Crippen LogP contribution in [0, 0.1) is 15.7 Å². The highest BCUT2D eigenvalue weighted by Gasteiger charge is 2.59. The minimum atomic E-state index is 0.226. The number of hydrogen-bond acceptors (Lipinski definition) is 2. The van der Waals surface area contributed by atoms with Crippen molar-refractivity contribution < 1.29 is 0 Å². The van der Waals surface area contributed by atoms with Gasteiger partial charge in [-0.1, -0.05) is 32.4 Å². The fourth-order valence-electron chi connectivity index (χ4n) is 1.76. The van der Waals surface area contributed by atoms with Crippen LogP contribution in [0.3, 0.4) is 0 Å². The van der Waals surface area contributed by atoms with Crippen LogP contribution in [0.2, 0.25) is 0 Å². The van der Waals surface area contributed by atoms with Gasteiger partial charge in [0.15, 0.2) is 0 Å². The van der Waals surface area contributed by atoms with Gasteiger partial charge in [-0.15, -0.1) is 0 Å². The van der Waals surface area contributed by atoms with Gasteiger partial charge in [0, 0.05) is 0 Å². The summed E-state index contributed by atoms with van der Waals surface area (Å²) in [4.78, 5) is 10.0. The second-order valence-corrected chi connectivity index (χ2v) is 3.94. The Morgan fingerprint density at radius 1 is 1.40 bits per heavy atom. The summed E-state index contributed by atoms with van der Waals surface area (Å²) in [5.41, 5.74) is 0.629. The van der Waals surface area contributed by atoms with E-state index in [9.17, 15) is 4.91 Å². The van der Waals surface area contributed by atoms with Crippen molar-refractivity contribution >= 4 is 0 Å². The molecule has 10 heavy (non-hydrogen) atoms. The molecule has 0 radical (unpaired) electrons. The van der Waals surface area contributed by atoms with Gasteiger partial charge in [-0.05, 0) is 17.3 Å². The van der Waals surface area contributed by atoms with E-state index >= 15 is 0 Å². The molecule has 0 spiro atoms. The molecule has 1 fully saturated rings. The lowest BCUT2D eigenvalue weighted by Gasteiger charge is -2.12. The van der Waals surface area contributed by atoms with Crippen molar-refractivity contribution in [2.45, 2.75) is 33.6 Å². The summed E-state index contributed by atoms with van der Waals surface area (Å²) >= 11 is 0. The van der Waals surface area contributed by atoms with Crippen LogP contribution in [0.25, 0.3) is 0 Å². The van der Waals surface area contributed by atoms with Gasteiger partial charge in [0.25, 0.3) is 0 Å². The Morgan fingerprint density at radius 3 is 2.30 bits per heavy atom. The molecule has 0 heterocycles. The van der Waals surface area contributed by atoms with Gasteiger partial charge in [0.2, 0.25) is 0 Å². The first-order valence-electron chi connectivity index (χ1n) is 3.87. The standard InChI is InChI=1S/C8H15NO/c1-4-7(2)5-8(7,3)6-9-10/h4-6H2,1-3H3/t7-,8?/m1/s1. The predicted octanol–water partition coefficient (Wildman–Crippen LogP) is 2.58. The van der Waals surface area contributed by atoms with Gasteiger partial charge in [0.1, 0.15) is 0 Å². The summed E-state index contributed by atoms with van der Waals surface area (Å²) < 4.78 is 0. The first-order valence-corrected chi connectivity index (χ1v) is 3.87. The molecule has 2 atom stereocenters. The van der Waals surface area contributed by atoms with Crippen LogP contribution in [0.4, 0.5) is 0 Å². The number of rotatable bonds is 3. The Hall–Kier alpha value is -0.400. The molecule has 0 aromatic rings. The van der Waals surface area contributed by atoms with Crippen molar-refractivity contribution in [3.63, 3.8) is 0 Å². The smallest absolute Gasteiger partial charge is 0.0870 e.